The van der Waals surface area contributed by atoms with Gasteiger partial charge in [-0.3, -0.25) is 4.84 Å². The predicted molar refractivity (Wildman–Crippen MR) is 63.6 cm³/mol. The zero-order valence-electron chi connectivity index (χ0n) is 10.7. The van der Waals surface area contributed by atoms with Crippen molar-refractivity contribution in [2.24, 2.45) is 0 Å². The van der Waals surface area contributed by atoms with Gasteiger partial charge in [-0.1, -0.05) is 0 Å². The average molecular weight is 337 g/mol. The van der Waals surface area contributed by atoms with E-state index in [1.807, 2.05) is 20.2 Å². The second kappa shape index (κ2) is 4.79. The van der Waals surface area contributed by atoms with E-state index in [4.69, 9.17) is 4.84 Å². The Morgan fingerprint density at radius 1 is 1.19 bits per heavy atom. The molecule has 0 unspecified atom stereocenters. The molecule has 0 radical (unpaired) electrons. The number of pyridine rings is 1. The van der Waals surface area contributed by atoms with Gasteiger partial charge in [0.2, 0.25) is 5.65 Å². The fourth-order valence-electron chi connectivity index (χ4n) is 0.955. The molecule has 0 aliphatic rings. The Balaban J connectivity index is 0.000000270. The first-order valence-electron chi connectivity index (χ1n) is 5.12. The van der Waals surface area contributed by atoms with E-state index in [9.17, 15) is 25.2 Å². The maximum absolute atomic E-state index is 10.7. The van der Waals surface area contributed by atoms with Crippen molar-refractivity contribution < 1.29 is 34.6 Å². The van der Waals surface area contributed by atoms with Crippen molar-refractivity contribution >= 4 is 25.4 Å². The van der Waals surface area contributed by atoms with Crippen LogP contribution in [0.3, 0.4) is 0 Å². The monoisotopic (exact) mass is 337 g/mol. The molecule has 0 N–H and O–H groups in total. The Kier molecular flexibility index (Phi) is 3.90. The van der Waals surface area contributed by atoms with E-state index in [1.165, 1.54) is 11.2 Å². The number of halogens is 6. The molecule has 2 rings (SSSR count). The predicted octanol–water partition coefficient (Wildman–Crippen LogP) is 2.94. The molecule has 21 heavy (non-hydrogen) atoms. The Morgan fingerprint density at radius 2 is 1.76 bits per heavy atom. The topological polar surface area (TPSA) is 55.8 Å². The first kappa shape index (κ1) is 17.1. The summed E-state index contributed by atoms with van der Waals surface area (Å²) in [5, 5.41) is 7.67. The molecule has 13 heteroatoms. The molecule has 0 saturated heterocycles. The number of aromatic nitrogens is 4. The number of nitrogens with zero attached hydrogens (tertiary/aromatic N) is 5. The van der Waals surface area contributed by atoms with Gasteiger partial charge in [0.15, 0.2) is 0 Å². The average Bonchev–Trinajstić information content (AvgIpc) is 2.65. The second-order valence-corrected chi connectivity index (χ2v) is 5.86. The number of rotatable bonds is 2. The fraction of sp³-hybridized carbons (Fsp3) is 0.250. The third-order valence-corrected chi connectivity index (χ3v) is 1.54. The summed E-state index contributed by atoms with van der Waals surface area (Å²) in [4.78, 5) is 10.6. The summed E-state index contributed by atoms with van der Waals surface area (Å²) in [6.07, 6.45) is 3.18. The zero-order valence-corrected chi connectivity index (χ0v) is 11.6. The first-order valence-corrected chi connectivity index (χ1v) is 7.15. The molecule has 2 aromatic rings. The third-order valence-electron chi connectivity index (χ3n) is 1.54. The van der Waals surface area contributed by atoms with Crippen LogP contribution in [0.15, 0.2) is 18.3 Å². The SMILES string of the molecule is C[N+](C)=COn1nnc2cccnc21.F[P-](F)(F)(F)(F)F. The van der Waals surface area contributed by atoms with Crippen LogP contribution in [0.5, 0.6) is 0 Å². The van der Waals surface area contributed by atoms with Gasteiger partial charge >= 0.3 is 39.4 Å². The zero-order chi connectivity index (χ0) is 16.4. The van der Waals surface area contributed by atoms with Gasteiger partial charge in [0.1, 0.15) is 19.6 Å². The molecule has 0 fully saturated rings. The number of fused-ring (bicyclic) bond motifs is 1. The summed E-state index contributed by atoms with van der Waals surface area (Å²) in [6, 6.07) is 3.63. The van der Waals surface area contributed by atoms with Crippen molar-refractivity contribution in [1.29, 1.82) is 0 Å². The molecule has 0 aliphatic heterocycles. The van der Waals surface area contributed by atoms with Crippen LogP contribution >= 0.6 is 7.81 Å². The van der Waals surface area contributed by atoms with Crippen LogP contribution in [0.2, 0.25) is 0 Å². The second-order valence-electron chi connectivity index (χ2n) is 3.94. The molecule has 120 valence electrons. The molecule has 0 atom stereocenters. The van der Waals surface area contributed by atoms with Crippen LogP contribution in [-0.4, -0.2) is 45.2 Å². The molecule has 0 spiro atoms. The molecular weight excluding hydrogens is 327 g/mol. The summed E-state index contributed by atoms with van der Waals surface area (Å²) < 4.78 is 61.0. The van der Waals surface area contributed by atoms with Crippen molar-refractivity contribution in [1.82, 2.24) is 20.1 Å². The van der Waals surface area contributed by atoms with Crippen LogP contribution in [0.4, 0.5) is 25.2 Å². The summed E-state index contributed by atoms with van der Waals surface area (Å²) in [5.74, 6) is 0. The van der Waals surface area contributed by atoms with Gasteiger partial charge in [-0.2, -0.15) is 0 Å². The van der Waals surface area contributed by atoms with Crippen LogP contribution < -0.4 is 4.84 Å². The molecule has 0 aromatic carbocycles. The van der Waals surface area contributed by atoms with E-state index in [-0.39, 0.29) is 0 Å². The molecule has 0 saturated carbocycles. The van der Waals surface area contributed by atoms with Gasteiger partial charge in [-0.25, -0.2) is 9.56 Å². The van der Waals surface area contributed by atoms with E-state index in [0.29, 0.717) is 11.2 Å². The quantitative estimate of drug-likeness (QED) is 0.278. The molecule has 6 nitrogen and oxygen atoms in total. The van der Waals surface area contributed by atoms with E-state index in [2.05, 4.69) is 15.3 Å². The van der Waals surface area contributed by atoms with Crippen LogP contribution in [-0.2, 0) is 0 Å². The van der Waals surface area contributed by atoms with Crippen LogP contribution in [0.25, 0.3) is 11.2 Å². The summed E-state index contributed by atoms with van der Waals surface area (Å²) >= 11 is 0. The standard InChI is InChI=1S/C8H10N5O.F6P/c1-12(2)6-14-13-8-7(10-11-13)4-3-5-9-8;1-7(2,3,4,5)6/h3-6H,1-2H3;/q+1;-1. The fourth-order valence-corrected chi connectivity index (χ4v) is 0.955. The summed E-state index contributed by atoms with van der Waals surface area (Å²) in [6.45, 7) is 0. The van der Waals surface area contributed by atoms with E-state index in [0.717, 1.165) is 0 Å². The summed E-state index contributed by atoms with van der Waals surface area (Å²) in [7, 11) is -6.95. The molecule has 0 bridgehead atoms. The Morgan fingerprint density at radius 3 is 2.29 bits per heavy atom. The van der Waals surface area contributed by atoms with E-state index in [1.54, 1.807) is 16.8 Å². The number of hydrogen-bond acceptors (Lipinski definition) is 4. The maximum atomic E-state index is 9.87. The normalized spacial score (nSPS) is 14.5. The van der Waals surface area contributed by atoms with Gasteiger partial charge < -0.3 is 0 Å². The van der Waals surface area contributed by atoms with Crippen molar-refractivity contribution in [2.75, 3.05) is 14.1 Å². The van der Waals surface area contributed by atoms with Crippen molar-refractivity contribution in [3.63, 3.8) is 0 Å². The summed E-state index contributed by atoms with van der Waals surface area (Å²) in [5.41, 5.74) is 1.31. The van der Waals surface area contributed by atoms with Crippen LogP contribution in [0.1, 0.15) is 0 Å². The van der Waals surface area contributed by atoms with Crippen molar-refractivity contribution in [2.45, 2.75) is 0 Å². The van der Waals surface area contributed by atoms with Crippen molar-refractivity contribution in [3.8, 4) is 0 Å². The van der Waals surface area contributed by atoms with Crippen molar-refractivity contribution in [3.05, 3.63) is 18.3 Å². The van der Waals surface area contributed by atoms with Gasteiger partial charge in [0.25, 0.3) is 0 Å². The van der Waals surface area contributed by atoms with Gasteiger partial charge in [-0.15, -0.1) is 5.10 Å². The Labute approximate surface area is 113 Å². The van der Waals surface area contributed by atoms with Crippen LogP contribution in [0, 0.1) is 0 Å². The first-order chi connectivity index (χ1) is 9.22. The molecule has 0 aliphatic carbocycles. The third kappa shape index (κ3) is 8.74. The Hall–Kier alpha value is -1.97. The molecule has 2 heterocycles. The van der Waals surface area contributed by atoms with E-state index < -0.39 is 7.81 Å². The van der Waals surface area contributed by atoms with Gasteiger partial charge in [-0.05, 0) is 22.2 Å². The number of hydrogen-bond donors (Lipinski definition) is 0. The van der Waals surface area contributed by atoms with Gasteiger partial charge in [0.05, 0.1) is 0 Å². The Bertz CT molecular complexity index is 651. The minimum atomic E-state index is -10.7. The minimum absolute atomic E-state index is 0.602. The van der Waals surface area contributed by atoms with Gasteiger partial charge in [0, 0.05) is 6.20 Å². The molecule has 2 aromatic heterocycles. The molecular formula is C8H10F6N5OP. The molecule has 0 amide bonds. The van der Waals surface area contributed by atoms with E-state index >= 15 is 0 Å².